The van der Waals surface area contributed by atoms with Gasteiger partial charge in [-0.1, -0.05) is 27.5 Å². The smallest absolute Gasteiger partial charge is 0.314 e. The number of rotatable bonds is 3. The van der Waals surface area contributed by atoms with Gasteiger partial charge in [-0.05, 0) is 48.9 Å². The van der Waals surface area contributed by atoms with E-state index < -0.39 is 11.8 Å². The summed E-state index contributed by atoms with van der Waals surface area (Å²) in [5.41, 5.74) is 1.90. The van der Waals surface area contributed by atoms with Crippen LogP contribution in [0.4, 0.5) is 11.4 Å². The number of carbonyl (C=O) groups excluding carboxylic acids is 2. The first-order valence-electron chi connectivity index (χ1n) is 6.62. The average molecular weight is 398 g/mol. The van der Waals surface area contributed by atoms with Crippen LogP contribution < -0.4 is 15.4 Å². The molecule has 2 rings (SSSR count). The highest BCUT2D eigenvalue weighted by molar-refractivity contribution is 9.10. The summed E-state index contributed by atoms with van der Waals surface area (Å²) >= 11 is 9.35. The summed E-state index contributed by atoms with van der Waals surface area (Å²) in [7, 11) is 1.49. The Kier molecular flexibility index (Phi) is 5.63. The molecule has 0 saturated carbocycles. The van der Waals surface area contributed by atoms with Crippen molar-refractivity contribution in [3.63, 3.8) is 0 Å². The molecule has 0 aromatic heterocycles. The number of hydrogen-bond donors (Lipinski definition) is 2. The average Bonchev–Trinajstić information content (AvgIpc) is 2.51. The molecule has 0 radical (unpaired) electrons. The number of methoxy groups -OCH3 is 1. The summed E-state index contributed by atoms with van der Waals surface area (Å²) in [5, 5.41) is 5.36. The zero-order chi connectivity index (χ0) is 17.0. The van der Waals surface area contributed by atoms with Gasteiger partial charge in [-0.25, -0.2) is 0 Å². The molecule has 2 amide bonds. The van der Waals surface area contributed by atoms with E-state index in [-0.39, 0.29) is 0 Å². The SMILES string of the molecule is COc1ccc(NC(=O)C(=O)Nc2ccc(Br)c(C)c2)cc1Cl. The fourth-order valence-corrected chi connectivity index (χ4v) is 2.35. The number of hydrogen-bond acceptors (Lipinski definition) is 3. The van der Waals surface area contributed by atoms with Crippen LogP contribution in [0.1, 0.15) is 5.56 Å². The van der Waals surface area contributed by atoms with Gasteiger partial charge in [-0.3, -0.25) is 9.59 Å². The lowest BCUT2D eigenvalue weighted by molar-refractivity contribution is -0.132. The minimum Gasteiger partial charge on any atom is -0.495 e. The van der Waals surface area contributed by atoms with Crippen molar-refractivity contribution in [2.24, 2.45) is 0 Å². The van der Waals surface area contributed by atoms with Gasteiger partial charge in [0.2, 0.25) is 0 Å². The van der Waals surface area contributed by atoms with Crippen molar-refractivity contribution in [3.05, 3.63) is 51.5 Å². The summed E-state index contributed by atoms with van der Waals surface area (Å²) in [6.45, 7) is 1.89. The van der Waals surface area contributed by atoms with E-state index in [1.165, 1.54) is 13.2 Å². The van der Waals surface area contributed by atoms with Crippen molar-refractivity contribution < 1.29 is 14.3 Å². The Labute approximate surface area is 147 Å². The summed E-state index contributed by atoms with van der Waals surface area (Å²) in [4.78, 5) is 23.9. The van der Waals surface area contributed by atoms with Gasteiger partial charge in [0.15, 0.2) is 0 Å². The van der Waals surface area contributed by atoms with Crippen molar-refractivity contribution in [1.29, 1.82) is 0 Å². The van der Waals surface area contributed by atoms with Crippen LogP contribution in [0.5, 0.6) is 5.75 Å². The minimum absolute atomic E-state index is 0.342. The highest BCUT2D eigenvalue weighted by atomic mass is 79.9. The van der Waals surface area contributed by atoms with Crippen LogP contribution >= 0.6 is 27.5 Å². The fraction of sp³-hybridized carbons (Fsp3) is 0.125. The van der Waals surface area contributed by atoms with Gasteiger partial charge in [0.25, 0.3) is 0 Å². The molecule has 0 bridgehead atoms. The molecule has 0 aliphatic rings. The van der Waals surface area contributed by atoms with E-state index in [9.17, 15) is 9.59 Å². The largest absolute Gasteiger partial charge is 0.495 e. The predicted molar refractivity (Wildman–Crippen MR) is 94.1 cm³/mol. The molecule has 0 fully saturated rings. The lowest BCUT2D eigenvalue weighted by atomic mass is 10.2. The van der Waals surface area contributed by atoms with E-state index in [0.717, 1.165) is 10.0 Å². The molecule has 7 heteroatoms. The number of benzene rings is 2. The molecule has 5 nitrogen and oxygen atoms in total. The van der Waals surface area contributed by atoms with E-state index in [2.05, 4.69) is 26.6 Å². The van der Waals surface area contributed by atoms with E-state index in [1.807, 2.05) is 6.92 Å². The molecule has 0 saturated heterocycles. The van der Waals surface area contributed by atoms with Crippen molar-refractivity contribution in [1.82, 2.24) is 0 Å². The topological polar surface area (TPSA) is 67.4 Å². The van der Waals surface area contributed by atoms with E-state index in [0.29, 0.717) is 22.1 Å². The zero-order valence-electron chi connectivity index (χ0n) is 12.4. The lowest BCUT2D eigenvalue weighted by Gasteiger charge is -2.09. The second-order valence-corrected chi connectivity index (χ2v) is 5.98. The van der Waals surface area contributed by atoms with Crippen LogP contribution in [0.25, 0.3) is 0 Å². The van der Waals surface area contributed by atoms with Gasteiger partial charge in [0.05, 0.1) is 12.1 Å². The van der Waals surface area contributed by atoms with Gasteiger partial charge in [-0.15, -0.1) is 0 Å². The molecule has 0 aliphatic carbocycles. The van der Waals surface area contributed by atoms with Gasteiger partial charge in [-0.2, -0.15) is 0 Å². The number of halogens is 2. The normalized spacial score (nSPS) is 10.1. The first kappa shape index (κ1) is 17.3. The standard InChI is InChI=1S/C16H14BrClN2O3/c1-9-7-10(3-5-12(9)17)19-15(21)16(22)20-11-4-6-14(23-2)13(18)8-11/h3-8H,1-2H3,(H,19,21)(H,20,22). The molecule has 2 N–H and O–H groups in total. The Hall–Kier alpha value is -2.05. The molecule has 23 heavy (non-hydrogen) atoms. The highest BCUT2D eigenvalue weighted by Gasteiger charge is 2.15. The monoisotopic (exact) mass is 396 g/mol. The minimum atomic E-state index is -0.785. The summed E-state index contributed by atoms with van der Waals surface area (Å²) in [5.74, 6) is -1.06. The third kappa shape index (κ3) is 4.46. The maximum Gasteiger partial charge on any atom is 0.314 e. The number of ether oxygens (including phenoxy) is 1. The van der Waals surface area contributed by atoms with E-state index >= 15 is 0 Å². The Balaban J connectivity index is 2.03. The van der Waals surface area contributed by atoms with Crippen molar-refractivity contribution >= 4 is 50.7 Å². The lowest BCUT2D eigenvalue weighted by Crippen LogP contribution is -2.29. The molecule has 0 aliphatic heterocycles. The Bertz CT molecular complexity index is 765. The van der Waals surface area contributed by atoms with E-state index in [1.54, 1.807) is 30.3 Å². The molecule has 2 aromatic rings. The molecule has 0 heterocycles. The van der Waals surface area contributed by atoms with Crippen molar-refractivity contribution in [2.75, 3.05) is 17.7 Å². The molecule has 0 unspecified atom stereocenters. The fourth-order valence-electron chi connectivity index (χ4n) is 1.84. The first-order valence-corrected chi connectivity index (χ1v) is 7.80. The van der Waals surface area contributed by atoms with Crippen LogP contribution in [-0.2, 0) is 9.59 Å². The maximum atomic E-state index is 11.9. The number of aryl methyl sites for hydroxylation is 1. The summed E-state index contributed by atoms with van der Waals surface area (Å²) in [6, 6.07) is 9.97. The van der Waals surface area contributed by atoms with Crippen LogP contribution in [0.3, 0.4) is 0 Å². The Morgan fingerprint density at radius 2 is 1.61 bits per heavy atom. The molecule has 0 spiro atoms. The van der Waals surface area contributed by atoms with Crippen molar-refractivity contribution in [3.8, 4) is 5.75 Å². The van der Waals surface area contributed by atoms with Crippen LogP contribution in [0, 0.1) is 6.92 Å². The first-order chi connectivity index (χ1) is 10.9. The summed E-state index contributed by atoms with van der Waals surface area (Å²) in [6.07, 6.45) is 0. The second kappa shape index (κ2) is 7.48. The number of anilines is 2. The molecule has 0 atom stereocenters. The van der Waals surface area contributed by atoms with Gasteiger partial charge in [0.1, 0.15) is 5.75 Å². The van der Waals surface area contributed by atoms with Crippen LogP contribution in [0.2, 0.25) is 5.02 Å². The van der Waals surface area contributed by atoms with Gasteiger partial charge in [0, 0.05) is 15.8 Å². The Morgan fingerprint density at radius 1 is 1.04 bits per heavy atom. The highest BCUT2D eigenvalue weighted by Crippen LogP contribution is 2.27. The van der Waals surface area contributed by atoms with Crippen molar-refractivity contribution in [2.45, 2.75) is 6.92 Å². The van der Waals surface area contributed by atoms with Crippen LogP contribution in [-0.4, -0.2) is 18.9 Å². The van der Waals surface area contributed by atoms with E-state index in [4.69, 9.17) is 16.3 Å². The maximum absolute atomic E-state index is 11.9. The quantitative estimate of drug-likeness (QED) is 0.769. The molecule has 2 aromatic carbocycles. The molecular weight excluding hydrogens is 384 g/mol. The van der Waals surface area contributed by atoms with Gasteiger partial charge >= 0.3 is 11.8 Å². The molecular formula is C16H14BrClN2O3. The van der Waals surface area contributed by atoms with Gasteiger partial charge < -0.3 is 15.4 Å². The predicted octanol–water partition coefficient (Wildman–Crippen LogP) is 4.00. The Morgan fingerprint density at radius 3 is 2.13 bits per heavy atom. The zero-order valence-corrected chi connectivity index (χ0v) is 14.8. The third-order valence-corrected chi connectivity index (χ3v) is 4.22. The number of amides is 2. The third-order valence-electron chi connectivity index (χ3n) is 3.03. The number of carbonyl (C=O) groups is 2. The molecule has 120 valence electrons. The summed E-state index contributed by atoms with van der Waals surface area (Å²) < 4.78 is 5.95. The van der Waals surface area contributed by atoms with Crippen LogP contribution in [0.15, 0.2) is 40.9 Å². The second-order valence-electron chi connectivity index (χ2n) is 4.72. The number of nitrogens with one attached hydrogen (secondary N) is 2.